The van der Waals surface area contributed by atoms with Gasteiger partial charge in [-0.3, -0.25) is 19.8 Å². The summed E-state index contributed by atoms with van der Waals surface area (Å²) in [5, 5.41) is 14.1. The van der Waals surface area contributed by atoms with E-state index in [9.17, 15) is 14.9 Å². The van der Waals surface area contributed by atoms with E-state index in [0.29, 0.717) is 25.4 Å². The quantitative estimate of drug-likeness (QED) is 0.548. The number of methoxy groups -OCH3 is 1. The van der Waals surface area contributed by atoms with E-state index in [1.807, 2.05) is 25.1 Å². The van der Waals surface area contributed by atoms with Gasteiger partial charge in [-0.05, 0) is 37.1 Å². The number of amides is 1. The van der Waals surface area contributed by atoms with Crippen molar-refractivity contribution in [2.24, 2.45) is 11.7 Å². The van der Waals surface area contributed by atoms with Crippen LogP contribution in [0, 0.1) is 16.0 Å². The molecule has 1 fully saturated rings. The number of hydrogen-bond acceptors (Lipinski definition) is 6. The maximum atomic E-state index is 12.8. The van der Waals surface area contributed by atoms with Gasteiger partial charge in [-0.1, -0.05) is 30.3 Å². The normalized spacial score (nSPS) is 20.2. The molecule has 0 aliphatic carbocycles. The number of ether oxygens (including phenoxy) is 1. The van der Waals surface area contributed by atoms with Crippen LogP contribution in [0.25, 0.3) is 0 Å². The molecule has 1 saturated heterocycles. The summed E-state index contributed by atoms with van der Waals surface area (Å²) in [6.07, 6.45) is 0. The summed E-state index contributed by atoms with van der Waals surface area (Å²) in [4.78, 5) is 25.7. The predicted molar refractivity (Wildman–Crippen MR) is 111 cm³/mol. The van der Waals surface area contributed by atoms with E-state index in [2.05, 4.69) is 22.3 Å². The second-order valence-electron chi connectivity index (χ2n) is 7.27. The van der Waals surface area contributed by atoms with Gasteiger partial charge in [-0.25, -0.2) is 0 Å². The van der Waals surface area contributed by atoms with E-state index in [0.717, 1.165) is 0 Å². The number of hydrogen-bond donors (Lipinski definition) is 2. The lowest BCUT2D eigenvalue weighted by Gasteiger charge is -2.23. The zero-order valence-electron chi connectivity index (χ0n) is 16.6. The Balaban J connectivity index is 1.73. The fourth-order valence-electron chi connectivity index (χ4n) is 3.84. The Morgan fingerprint density at radius 3 is 2.66 bits per heavy atom. The summed E-state index contributed by atoms with van der Waals surface area (Å²) in [5.74, 6) is 0.580. The van der Waals surface area contributed by atoms with Crippen LogP contribution >= 0.6 is 0 Å². The smallest absolute Gasteiger partial charge is 0.296 e. The lowest BCUT2D eigenvalue weighted by atomic mass is 9.89. The highest BCUT2D eigenvalue weighted by molar-refractivity contribution is 5.96. The second-order valence-corrected chi connectivity index (χ2v) is 7.27. The Kier molecular flexibility index (Phi) is 6.46. The lowest BCUT2D eigenvalue weighted by molar-refractivity contribution is -0.384. The van der Waals surface area contributed by atoms with Crippen molar-refractivity contribution in [2.45, 2.75) is 18.9 Å². The van der Waals surface area contributed by atoms with Crippen LogP contribution in [-0.4, -0.2) is 48.5 Å². The molecule has 3 N–H and O–H groups in total. The largest absolute Gasteiger partial charge is 0.496 e. The van der Waals surface area contributed by atoms with Crippen molar-refractivity contribution in [1.29, 1.82) is 0 Å². The van der Waals surface area contributed by atoms with Crippen LogP contribution in [-0.2, 0) is 4.79 Å². The zero-order chi connectivity index (χ0) is 21.0. The minimum atomic E-state index is -0.533. The predicted octanol–water partition coefficient (Wildman–Crippen LogP) is 2.60. The fourth-order valence-corrected chi connectivity index (χ4v) is 3.84. The van der Waals surface area contributed by atoms with Gasteiger partial charge >= 0.3 is 0 Å². The van der Waals surface area contributed by atoms with Gasteiger partial charge in [0.25, 0.3) is 5.69 Å². The monoisotopic (exact) mass is 398 g/mol. The number of rotatable bonds is 7. The molecule has 0 bridgehead atoms. The van der Waals surface area contributed by atoms with Crippen molar-refractivity contribution in [1.82, 2.24) is 4.90 Å². The topological polar surface area (TPSA) is 111 Å². The van der Waals surface area contributed by atoms with Gasteiger partial charge in [-0.2, -0.15) is 0 Å². The molecule has 2 aromatic rings. The van der Waals surface area contributed by atoms with E-state index < -0.39 is 11.0 Å². The number of benzene rings is 2. The molecule has 8 nitrogen and oxygen atoms in total. The molecule has 154 valence electrons. The van der Waals surface area contributed by atoms with Gasteiger partial charge in [0.05, 0.1) is 24.1 Å². The molecule has 1 unspecified atom stereocenters. The minimum Gasteiger partial charge on any atom is -0.496 e. The van der Waals surface area contributed by atoms with Gasteiger partial charge in [-0.15, -0.1) is 0 Å². The molecule has 2 aromatic carbocycles. The van der Waals surface area contributed by atoms with E-state index in [4.69, 9.17) is 10.5 Å². The fraction of sp³-hybridized carbons (Fsp3) is 0.381. The third-order valence-electron chi connectivity index (χ3n) is 5.59. The highest BCUT2D eigenvalue weighted by atomic mass is 16.6. The Morgan fingerprint density at radius 2 is 2.03 bits per heavy atom. The third-order valence-corrected chi connectivity index (χ3v) is 5.59. The third kappa shape index (κ3) is 4.55. The number of likely N-dealkylation sites (tertiary alicyclic amines) is 1. The molecule has 1 aliphatic rings. The molecule has 1 amide bonds. The summed E-state index contributed by atoms with van der Waals surface area (Å²) in [7, 11) is 1.43. The van der Waals surface area contributed by atoms with Gasteiger partial charge in [0, 0.05) is 19.0 Å². The van der Waals surface area contributed by atoms with Crippen molar-refractivity contribution in [2.75, 3.05) is 32.1 Å². The van der Waals surface area contributed by atoms with Crippen molar-refractivity contribution in [3.8, 4) is 5.75 Å². The summed E-state index contributed by atoms with van der Waals surface area (Å²) in [6, 6.07) is 14.1. The van der Waals surface area contributed by atoms with Crippen LogP contribution in [0.15, 0.2) is 48.5 Å². The van der Waals surface area contributed by atoms with Crippen molar-refractivity contribution >= 4 is 17.3 Å². The van der Waals surface area contributed by atoms with E-state index in [-0.39, 0.29) is 29.1 Å². The molecule has 0 radical (unpaired) electrons. The van der Waals surface area contributed by atoms with Crippen molar-refractivity contribution in [3.05, 3.63) is 64.2 Å². The Hall–Kier alpha value is -2.97. The van der Waals surface area contributed by atoms with Crippen LogP contribution < -0.4 is 15.8 Å². The Labute approximate surface area is 169 Å². The Morgan fingerprint density at radius 1 is 1.31 bits per heavy atom. The average Bonchev–Trinajstić information content (AvgIpc) is 3.18. The highest BCUT2D eigenvalue weighted by Crippen LogP contribution is 2.34. The van der Waals surface area contributed by atoms with Crippen molar-refractivity contribution in [3.63, 3.8) is 0 Å². The Bertz CT molecular complexity index is 874. The van der Waals surface area contributed by atoms with E-state index in [1.165, 1.54) is 24.8 Å². The van der Waals surface area contributed by atoms with E-state index >= 15 is 0 Å². The lowest BCUT2D eigenvalue weighted by Crippen LogP contribution is -2.41. The number of anilines is 1. The van der Waals surface area contributed by atoms with Crippen LogP contribution in [0.1, 0.15) is 18.4 Å². The molecule has 3 atom stereocenters. The molecular weight excluding hydrogens is 372 g/mol. The standard InChI is InChI=1S/C21H26N4O4/c1-14(21(26)23-19-9-8-17(29-2)10-20(19)25(27)28)24-12-16(11-22)18(13-24)15-6-4-3-5-7-15/h3-10,14,16,18H,11-13,22H2,1-2H3,(H,23,26)/t14?,16-,18+/m1/s1. The first kappa shape index (κ1) is 20.8. The SMILES string of the molecule is COc1ccc(NC(=O)C(C)N2C[C@@H](CN)[C@H](c3ccccc3)C2)c([N+](=O)[O-])c1. The van der Waals surface area contributed by atoms with Gasteiger partial charge in [0.1, 0.15) is 11.4 Å². The van der Waals surface area contributed by atoms with Gasteiger partial charge in [0.15, 0.2) is 0 Å². The average molecular weight is 398 g/mol. The minimum absolute atomic E-state index is 0.154. The molecule has 1 heterocycles. The summed E-state index contributed by atoms with van der Waals surface area (Å²) in [6.45, 7) is 3.76. The molecule has 3 rings (SSSR count). The van der Waals surface area contributed by atoms with Crippen LogP contribution in [0.5, 0.6) is 5.75 Å². The first-order valence-corrected chi connectivity index (χ1v) is 9.57. The van der Waals surface area contributed by atoms with Crippen LogP contribution in [0.3, 0.4) is 0 Å². The molecule has 29 heavy (non-hydrogen) atoms. The number of nitro groups is 1. The maximum Gasteiger partial charge on any atom is 0.296 e. The summed E-state index contributed by atoms with van der Waals surface area (Å²) >= 11 is 0. The molecular formula is C21H26N4O4. The molecule has 0 saturated carbocycles. The molecule has 0 aromatic heterocycles. The summed E-state index contributed by atoms with van der Waals surface area (Å²) in [5.41, 5.74) is 7.16. The second kappa shape index (κ2) is 9.02. The van der Waals surface area contributed by atoms with E-state index in [1.54, 1.807) is 6.07 Å². The number of nitrogens with one attached hydrogen (secondary N) is 1. The number of carbonyl (C=O) groups is 1. The molecule has 1 aliphatic heterocycles. The number of nitrogens with two attached hydrogens (primary N) is 1. The first-order valence-electron chi connectivity index (χ1n) is 9.57. The molecule has 8 heteroatoms. The highest BCUT2D eigenvalue weighted by Gasteiger charge is 2.37. The zero-order valence-corrected chi connectivity index (χ0v) is 16.6. The number of carbonyl (C=O) groups excluding carboxylic acids is 1. The van der Waals surface area contributed by atoms with Gasteiger partial charge < -0.3 is 15.8 Å². The van der Waals surface area contributed by atoms with Crippen LogP contribution in [0.2, 0.25) is 0 Å². The van der Waals surface area contributed by atoms with Crippen LogP contribution in [0.4, 0.5) is 11.4 Å². The van der Waals surface area contributed by atoms with Crippen molar-refractivity contribution < 1.29 is 14.5 Å². The first-order chi connectivity index (χ1) is 13.9. The molecule has 0 spiro atoms. The number of nitro benzene ring substituents is 1. The maximum absolute atomic E-state index is 12.8. The summed E-state index contributed by atoms with van der Waals surface area (Å²) < 4.78 is 5.03. The number of nitrogens with zero attached hydrogens (tertiary/aromatic N) is 2. The van der Waals surface area contributed by atoms with Gasteiger partial charge in [0.2, 0.25) is 5.91 Å².